The lowest BCUT2D eigenvalue weighted by atomic mass is 9.89. The van der Waals surface area contributed by atoms with Gasteiger partial charge in [0.05, 0.1) is 0 Å². The quantitative estimate of drug-likeness (QED) is 0.521. The molecule has 1 aromatic carbocycles. The molecule has 2 fully saturated rings. The highest BCUT2D eigenvalue weighted by Gasteiger charge is 2.32. The molecule has 1 amide bonds. The molecule has 1 heterocycles. The summed E-state index contributed by atoms with van der Waals surface area (Å²) in [5.41, 5.74) is 9.56. The first-order valence-corrected chi connectivity index (χ1v) is 8.48. The summed E-state index contributed by atoms with van der Waals surface area (Å²) in [6, 6.07) is 7.50. The fourth-order valence-electron chi connectivity index (χ4n) is 3.77. The van der Waals surface area contributed by atoms with Gasteiger partial charge >= 0.3 is 0 Å². The van der Waals surface area contributed by atoms with Crippen LogP contribution in [-0.4, -0.2) is 36.0 Å². The highest BCUT2D eigenvalue weighted by molar-refractivity contribution is 5.94. The molecule has 0 aromatic heterocycles. The van der Waals surface area contributed by atoms with Crippen molar-refractivity contribution in [3.05, 3.63) is 40.3 Å². The van der Waals surface area contributed by atoms with Crippen LogP contribution in [0.1, 0.15) is 48.9 Å². The van der Waals surface area contributed by atoms with E-state index in [2.05, 4.69) is 20.2 Å². The molecular weight excluding hydrogens is 290 g/mol. The van der Waals surface area contributed by atoms with Crippen molar-refractivity contribution in [1.82, 2.24) is 10.2 Å². The second-order valence-electron chi connectivity index (χ2n) is 6.41. The second-order valence-corrected chi connectivity index (χ2v) is 6.41. The van der Waals surface area contributed by atoms with E-state index < -0.39 is 0 Å². The number of likely N-dealkylation sites (tertiary alicyclic amines) is 1. The van der Waals surface area contributed by atoms with E-state index in [1.165, 1.54) is 32.1 Å². The molecule has 3 rings (SSSR count). The van der Waals surface area contributed by atoms with Gasteiger partial charge in [-0.3, -0.25) is 9.69 Å². The Kier molecular flexibility index (Phi) is 5.16. The topological polar surface area (TPSA) is 81.1 Å². The maximum absolute atomic E-state index is 12.5. The van der Waals surface area contributed by atoms with Crippen LogP contribution in [0, 0.1) is 0 Å². The fraction of sp³-hybridized carbons (Fsp3) is 0.588. The van der Waals surface area contributed by atoms with Crippen LogP contribution in [0.15, 0.2) is 29.4 Å². The van der Waals surface area contributed by atoms with Crippen molar-refractivity contribution in [3.63, 3.8) is 0 Å². The van der Waals surface area contributed by atoms with Crippen molar-refractivity contribution >= 4 is 11.6 Å². The molecule has 1 saturated heterocycles. The molecule has 122 valence electrons. The van der Waals surface area contributed by atoms with Gasteiger partial charge in [0.1, 0.15) is 0 Å². The van der Waals surface area contributed by atoms with Gasteiger partial charge in [0.2, 0.25) is 0 Å². The Bertz CT molecular complexity index is 588. The number of nitrogens with one attached hydrogen (secondary N) is 1. The SMILES string of the molecule is [N-]=[N+]=Nc1ccc(C(=O)N[C@@H]2CCCC[C@H]2N2CCCC2)cc1. The van der Waals surface area contributed by atoms with Crippen LogP contribution in [0.3, 0.4) is 0 Å². The van der Waals surface area contributed by atoms with E-state index in [-0.39, 0.29) is 11.9 Å². The van der Waals surface area contributed by atoms with Crippen molar-refractivity contribution in [2.75, 3.05) is 13.1 Å². The summed E-state index contributed by atoms with van der Waals surface area (Å²) in [5.74, 6) is -0.0337. The third-order valence-corrected chi connectivity index (χ3v) is 4.95. The van der Waals surface area contributed by atoms with Crippen molar-refractivity contribution in [3.8, 4) is 0 Å². The van der Waals surface area contributed by atoms with Crippen molar-refractivity contribution in [2.24, 2.45) is 5.11 Å². The average molecular weight is 313 g/mol. The van der Waals surface area contributed by atoms with Crippen molar-refractivity contribution in [1.29, 1.82) is 0 Å². The Balaban J connectivity index is 1.66. The zero-order valence-corrected chi connectivity index (χ0v) is 13.3. The number of carbonyl (C=O) groups is 1. The number of hydrogen-bond donors (Lipinski definition) is 1. The molecule has 0 radical (unpaired) electrons. The Morgan fingerprint density at radius 2 is 1.83 bits per heavy atom. The van der Waals surface area contributed by atoms with E-state index in [1.807, 2.05) is 0 Å². The fourth-order valence-corrected chi connectivity index (χ4v) is 3.77. The van der Waals surface area contributed by atoms with Gasteiger partial charge in [-0.25, -0.2) is 0 Å². The summed E-state index contributed by atoms with van der Waals surface area (Å²) >= 11 is 0. The van der Waals surface area contributed by atoms with Crippen LogP contribution in [0.4, 0.5) is 5.69 Å². The number of azide groups is 1. The van der Waals surface area contributed by atoms with Crippen LogP contribution in [0.2, 0.25) is 0 Å². The summed E-state index contributed by atoms with van der Waals surface area (Å²) in [6.45, 7) is 2.33. The molecule has 2 aliphatic rings. The van der Waals surface area contributed by atoms with Crippen LogP contribution in [0.5, 0.6) is 0 Å². The predicted octanol–water partition coefficient (Wildman–Crippen LogP) is 3.77. The molecule has 1 N–H and O–H groups in total. The normalized spacial score (nSPS) is 24.9. The van der Waals surface area contributed by atoms with E-state index >= 15 is 0 Å². The van der Waals surface area contributed by atoms with Crippen molar-refractivity contribution < 1.29 is 4.79 Å². The maximum Gasteiger partial charge on any atom is 0.251 e. The first-order valence-electron chi connectivity index (χ1n) is 8.48. The smallest absolute Gasteiger partial charge is 0.251 e. The first-order chi connectivity index (χ1) is 11.3. The number of amides is 1. The molecule has 1 aliphatic heterocycles. The zero-order chi connectivity index (χ0) is 16.1. The zero-order valence-electron chi connectivity index (χ0n) is 13.3. The molecule has 23 heavy (non-hydrogen) atoms. The number of rotatable bonds is 4. The van der Waals surface area contributed by atoms with Gasteiger partial charge in [0.25, 0.3) is 5.91 Å². The summed E-state index contributed by atoms with van der Waals surface area (Å²) in [6.07, 6.45) is 7.24. The van der Waals surface area contributed by atoms with Crippen molar-refractivity contribution in [2.45, 2.75) is 50.6 Å². The van der Waals surface area contributed by atoms with E-state index in [0.29, 0.717) is 17.3 Å². The number of benzene rings is 1. The van der Waals surface area contributed by atoms with Crippen LogP contribution in [0.25, 0.3) is 10.4 Å². The lowest BCUT2D eigenvalue weighted by molar-refractivity contribution is 0.0862. The highest BCUT2D eigenvalue weighted by Crippen LogP contribution is 2.26. The second kappa shape index (κ2) is 7.49. The van der Waals surface area contributed by atoms with Crippen LogP contribution in [-0.2, 0) is 0 Å². The van der Waals surface area contributed by atoms with Gasteiger partial charge in [0, 0.05) is 28.2 Å². The molecule has 0 spiro atoms. The van der Waals surface area contributed by atoms with Gasteiger partial charge < -0.3 is 5.32 Å². The summed E-state index contributed by atoms with van der Waals surface area (Å²) < 4.78 is 0. The number of hydrogen-bond acceptors (Lipinski definition) is 3. The Labute approximate surface area is 136 Å². The summed E-state index contributed by atoms with van der Waals surface area (Å²) in [5, 5.41) is 6.76. The molecule has 0 unspecified atom stereocenters. The standard InChI is InChI=1S/C17H23N5O/c18-21-20-14-9-7-13(8-10-14)17(23)19-15-5-1-2-6-16(15)22-11-3-4-12-22/h7-10,15-16H,1-6,11-12H2,(H,19,23)/t15-,16-/m1/s1. The van der Waals surface area contributed by atoms with Crippen LogP contribution >= 0.6 is 0 Å². The van der Waals surface area contributed by atoms with E-state index in [1.54, 1.807) is 24.3 Å². The first kappa shape index (κ1) is 15.8. The molecule has 0 bridgehead atoms. The van der Waals surface area contributed by atoms with Gasteiger partial charge in [-0.1, -0.05) is 30.1 Å². The third kappa shape index (κ3) is 3.84. The molecule has 2 atom stereocenters. The lowest BCUT2D eigenvalue weighted by Gasteiger charge is -2.38. The summed E-state index contributed by atoms with van der Waals surface area (Å²) in [4.78, 5) is 17.8. The minimum atomic E-state index is -0.0337. The molecule has 1 aliphatic carbocycles. The number of nitrogens with zero attached hydrogens (tertiary/aromatic N) is 4. The minimum Gasteiger partial charge on any atom is -0.348 e. The van der Waals surface area contributed by atoms with Crippen LogP contribution < -0.4 is 5.32 Å². The molecule has 1 aromatic rings. The maximum atomic E-state index is 12.5. The van der Waals surface area contributed by atoms with E-state index in [9.17, 15) is 4.79 Å². The molecule has 1 saturated carbocycles. The highest BCUT2D eigenvalue weighted by atomic mass is 16.1. The summed E-state index contributed by atoms with van der Waals surface area (Å²) in [7, 11) is 0. The Morgan fingerprint density at radius 3 is 2.52 bits per heavy atom. The van der Waals surface area contributed by atoms with Gasteiger partial charge in [-0.05, 0) is 56.4 Å². The Morgan fingerprint density at radius 1 is 1.13 bits per heavy atom. The molecule has 6 heteroatoms. The average Bonchev–Trinajstić information content (AvgIpc) is 3.10. The monoisotopic (exact) mass is 313 g/mol. The van der Waals surface area contributed by atoms with Gasteiger partial charge in [-0.2, -0.15) is 0 Å². The largest absolute Gasteiger partial charge is 0.348 e. The van der Waals surface area contributed by atoms with Gasteiger partial charge in [0.15, 0.2) is 0 Å². The van der Waals surface area contributed by atoms with Gasteiger partial charge in [-0.15, -0.1) is 0 Å². The predicted molar refractivity (Wildman–Crippen MR) is 89.6 cm³/mol. The van der Waals surface area contributed by atoms with E-state index in [4.69, 9.17) is 5.53 Å². The van der Waals surface area contributed by atoms with E-state index in [0.717, 1.165) is 19.5 Å². The Hall–Kier alpha value is -2.04. The third-order valence-electron chi connectivity index (χ3n) is 4.95. The molecular formula is C17H23N5O. The molecule has 6 nitrogen and oxygen atoms in total. The minimum absolute atomic E-state index is 0.0337. The number of carbonyl (C=O) groups excluding carboxylic acids is 1. The lowest BCUT2D eigenvalue weighted by Crippen LogP contribution is -2.52.